The molecule has 162 valence electrons. The van der Waals surface area contributed by atoms with Crippen molar-refractivity contribution in [1.29, 1.82) is 0 Å². The van der Waals surface area contributed by atoms with Gasteiger partial charge in [-0.25, -0.2) is 13.2 Å². The van der Waals surface area contributed by atoms with Crippen molar-refractivity contribution in [3.05, 3.63) is 63.9 Å². The lowest BCUT2D eigenvalue weighted by molar-refractivity contribution is -0.137. The number of amides is 1. The molecule has 0 aromatic heterocycles. The molecule has 3 rings (SSSR count). The zero-order chi connectivity index (χ0) is 22.3. The smallest absolute Gasteiger partial charge is 0.323 e. The first-order chi connectivity index (χ1) is 13.9. The van der Waals surface area contributed by atoms with Gasteiger partial charge in [-0.2, -0.15) is 13.2 Å². The Kier molecular flexibility index (Phi) is 6.23. The standard InChI is InChI=1S/C21H18BrF6NO/c1-11-15(12-2-5-14(22)6-3-12)9-20(24,25)10-16(11)19(30)29-18-7-4-13(8-17(18)23)21(26,27)28/h2-8,11,15-16H,9-10H2,1H3,(H,29,30)/t11-,15?,16?/m1/s1. The molecule has 1 N–H and O–H groups in total. The summed E-state index contributed by atoms with van der Waals surface area (Å²) < 4.78 is 81.7. The minimum atomic E-state index is -4.73. The highest BCUT2D eigenvalue weighted by Gasteiger charge is 2.48. The van der Waals surface area contributed by atoms with E-state index in [1.165, 1.54) is 0 Å². The van der Waals surface area contributed by atoms with Crippen LogP contribution in [0.4, 0.5) is 32.0 Å². The number of benzene rings is 2. The van der Waals surface area contributed by atoms with Crippen LogP contribution in [0.2, 0.25) is 0 Å². The Bertz CT molecular complexity index is 928. The van der Waals surface area contributed by atoms with Crippen LogP contribution in [0.5, 0.6) is 0 Å². The normalized spacial score (nSPS) is 23.8. The molecule has 0 heterocycles. The Labute approximate surface area is 177 Å². The molecule has 3 atom stereocenters. The Hall–Kier alpha value is -2.03. The van der Waals surface area contributed by atoms with E-state index in [0.29, 0.717) is 11.6 Å². The molecule has 0 spiro atoms. The third-order valence-corrected chi connectivity index (χ3v) is 6.02. The maximum absolute atomic E-state index is 14.4. The van der Waals surface area contributed by atoms with Crippen molar-refractivity contribution >= 4 is 27.5 Å². The summed E-state index contributed by atoms with van der Waals surface area (Å²) in [5.41, 5.74) is -1.02. The minimum absolute atomic E-state index is 0.263. The summed E-state index contributed by atoms with van der Waals surface area (Å²) in [6.07, 6.45) is -5.87. The van der Waals surface area contributed by atoms with Gasteiger partial charge in [0.05, 0.1) is 11.3 Å². The predicted molar refractivity (Wildman–Crippen MR) is 104 cm³/mol. The fraction of sp³-hybridized carbons (Fsp3) is 0.381. The van der Waals surface area contributed by atoms with Gasteiger partial charge in [0, 0.05) is 23.2 Å². The molecule has 30 heavy (non-hydrogen) atoms. The zero-order valence-electron chi connectivity index (χ0n) is 15.7. The second-order valence-electron chi connectivity index (χ2n) is 7.57. The molecule has 0 radical (unpaired) electrons. The van der Waals surface area contributed by atoms with Crippen LogP contribution in [0.1, 0.15) is 36.8 Å². The van der Waals surface area contributed by atoms with Crippen molar-refractivity contribution in [3.63, 3.8) is 0 Å². The van der Waals surface area contributed by atoms with Crippen LogP contribution in [0.25, 0.3) is 0 Å². The number of rotatable bonds is 3. The van der Waals surface area contributed by atoms with Crippen molar-refractivity contribution in [2.45, 2.75) is 37.8 Å². The lowest BCUT2D eigenvalue weighted by Gasteiger charge is -2.39. The van der Waals surface area contributed by atoms with Crippen LogP contribution in [-0.2, 0) is 11.0 Å². The van der Waals surface area contributed by atoms with Crippen molar-refractivity contribution in [3.8, 4) is 0 Å². The maximum Gasteiger partial charge on any atom is 0.416 e. The summed E-state index contributed by atoms with van der Waals surface area (Å²) in [6, 6.07) is 8.53. The summed E-state index contributed by atoms with van der Waals surface area (Å²) >= 11 is 3.28. The van der Waals surface area contributed by atoms with Crippen molar-refractivity contribution in [2.24, 2.45) is 11.8 Å². The molecular weight excluding hydrogens is 476 g/mol. The van der Waals surface area contributed by atoms with Gasteiger partial charge in [0.25, 0.3) is 0 Å². The number of alkyl halides is 5. The molecular formula is C21H18BrF6NO. The summed E-state index contributed by atoms with van der Waals surface area (Å²) in [5.74, 6) is -7.45. The number of nitrogens with one attached hydrogen (secondary N) is 1. The molecule has 2 nitrogen and oxygen atoms in total. The van der Waals surface area contributed by atoms with E-state index in [9.17, 15) is 31.1 Å². The van der Waals surface area contributed by atoms with E-state index < -0.39 is 65.7 Å². The first-order valence-corrected chi connectivity index (χ1v) is 9.97. The predicted octanol–water partition coefficient (Wildman–Crippen LogP) is 7.01. The molecule has 2 unspecified atom stereocenters. The molecule has 1 saturated carbocycles. The first kappa shape index (κ1) is 22.7. The Balaban J connectivity index is 1.83. The fourth-order valence-corrected chi connectivity index (χ4v) is 4.12. The largest absolute Gasteiger partial charge is 0.416 e. The van der Waals surface area contributed by atoms with Gasteiger partial charge < -0.3 is 5.32 Å². The van der Waals surface area contributed by atoms with Gasteiger partial charge in [-0.15, -0.1) is 0 Å². The summed E-state index contributed by atoms with van der Waals surface area (Å²) in [4.78, 5) is 12.7. The van der Waals surface area contributed by atoms with E-state index in [1.807, 2.05) is 0 Å². The van der Waals surface area contributed by atoms with Crippen LogP contribution < -0.4 is 5.32 Å². The third-order valence-electron chi connectivity index (χ3n) is 5.50. The SMILES string of the molecule is C[C@H]1C(C(=O)Nc2ccc(C(F)(F)F)cc2F)CC(F)(F)CC1c1ccc(Br)cc1. The summed E-state index contributed by atoms with van der Waals surface area (Å²) in [7, 11) is 0. The van der Waals surface area contributed by atoms with E-state index in [0.717, 1.165) is 10.5 Å². The molecule has 0 saturated heterocycles. The van der Waals surface area contributed by atoms with Crippen molar-refractivity contribution < 1.29 is 31.1 Å². The molecule has 0 aliphatic heterocycles. The Morgan fingerprint density at radius 1 is 1.10 bits per heavy atom. The maximum atomic E-state index is 14.4. The molecule has 2 aromatic rings. The van der Waals surface area contributed by atoms with Gasteiger partial charge in [0.15, 0.2) is 0 Å². The van der Waals surface area contributed by atoms with E-state index >= 15 is 0 Å². The van der Waals surface area contributed by atoms with Crippen molar-refractivity contribution in [2.75, 3.05) is 5.32 Å². The average Bonchev–Trinajstić information content (AvgIpc) is 2.64. The highest BCUT2D eigenvalue weighted by molar-refractivity contribution is 9.10. The van der Waals surface area contributed by atoms with E-state index in [2.05, 4.69) is 21.2 Å². The number of halogens is 7. The van der Waals surface area contributed by atoms with E-state index in [-0.39, 0.29) is 6.07 Å². The quantitative estimate of drug-likeness (QED) is 0.457. The highest BCUT2D eigenvalue weighted by Crippen LogP contribution is 2.48. The first-order valence-electron chi connectivity index (χ1n) is 9.18. The van der Waals surface area contributed by atoms with Crippen LogP contribution in [-0.4, -0.2) is 11.8 Å². The topological polar surface area (TPSA) is 29.1 Å². The number of carbonyl (C=O) groups excluding carboxylic acids is 1. The number of anilines is 1. The monoisotopic (exact) mass is 493 g/mol. The lowest BCUT2D eigenvalue weighted by Crippen LogP contribution is -2.42. The molecule has 1 fully saturated rings. The zero-order valence-corrected chi connectivity index (χ0v) is 17.3. The molecule has 9 heteroatoms. The van der Waals surface area contributed by atoms with Gasteiger partial charge in [-0.3, -0.25) is 4.79 Å². The van der Waals surface area contributed by atoms with E-state index in [4.69, 9.17) is 0 Å². The van der Waals surface area contributed by atoms with Crippen LogP contribution in [0.15, 0.2) is 46.9 Å². The fourth-order valence-electron chi connectivity index (χ4n) is 3.86. The van der Waals surface area contributed by atoms with Gasteiger partial charge in [-0.1, -0.05) is 35.0 Å². The third kappa shape index (κ3) is 4.99. The molecule has 0 bridgehead atoms. The number of carbonyl (C=O) groups is 1. The minimum Gasteiger partial charge on any atom is -0.323 e. The lowest BCUT2D eigenvalue weighted by atomic mass is 9.68. The number of hydrogen-bond donors (Lipinski definition) is 1. The highest BCUT2D eigenvalue weighted by atomic mass is 79.9. The summed E-state index contributed by atoms with van der Waals surface area (Å²) in [6.45, 7) is 1.68. The van der Waals surface area contributed by atoms with Gasteiger partial charge in [0.1, 0.15) is 5.82 Å². The molecule has 2 aromatic carbocycles. The van der Waals surface area contributed by atoms with Crippen LogP contribution in [0, 0.1) is 17.7 Å². The Morgan fingerprint density at radius 2 is 1.73 bits per heavy atom. The molecule has 1 aliphatic rings. The van der Waals surface area contributed by atoms with Gasteiger partial charge >= 0.3 is 6.18 Å². The molecule has 1 aliphatic carbocycles. The van der Waals surface area contributed by atoms with Gasteiger partial charge in [-0.05, 0) is 47.7 Å². The summed E-state index contributed by atoms with van der Waals surface area (Å²) in [5, 5.41) is 2.19. The molecule has 1 amide bonds. The van der Waals surface area contributed by atoms with E-state index in [1.54, 1.807) is 31.2 Å². The Morgan fingerprint density at radius 3 is 2.30 bits per heavy atom. The van der Waals surface area contributed by atoms with Crippen LogP contribution >= 0.6 is 15.9 Å². The van der Waals surface area contributed by atoms with Crippen LogP contribution in [0.3, 0.4) is 0 Å². The van der Waals surface area contributed by atoms with Crippen molar-refractivity contribution in [1.82, 2.24) is 0 Å². The average molecular weight is 494 g/mol. The second kappa shape index (κ2) is 8.24. The van der Waals surface area contributed by atoms with Gasteiger partial charge in [0.2, 0.25) is 11.8 Å². The second-order valence-corrected chi connectivity index (χ2v) is 8.49. The number of hydrogen-bond acceptors (Lipinski definition) is 1.